The minimum atomic E-state index is 0.535. The Morgan fingerprint density at radius 1 is 1.40 bits per heavy atom. The molecule has 0 saturated heterocycles. The first-order valence-corrected chi connectivity index (χ1v) is 3.76. The zero-order valence-electron chi connectivity index (χ0n) is 6.52. The van der Waals surface area contributed by atoms with Gasteiger partial charge in [0.15, 0.2) is 0 Å². The molecule has 0 heterocycles. The lowest BCUT2D eigenvalue weighted by Crippen LogP contribution is -1.76. The molecule has 0 aliphatic rings. The van der Waals surface area contributed by atoms with Crippen molar-refractivity contribution in [2.45, 2.75) is 13.8 Å². The summed E-state index contributed by atoms with van der Waals surface area (Å²) in [5, 5.41) is 0. The van der Waals surface area contributed by atoms with Gasteiger partial charge in [-0.3, -0.25) is 0 Å². The zero-order valence-corrected chi connectivity index (χ0v) is 7.28. The smallest absolute Gasteiger partial charge is 0.0473 e. The molecular formula is C9H13Cl. The maximum absolute atomic E-state index is 5.58. The van der Waals surface area contributed by atoms with Gasteiger partial charge in [-0.25, -0.2) is 0 Å². The van der Waals surface area contributed by atoms with Crippen molar-refractivity contribution >= 4 is 11.6 Å². The van der Waals surface area contributed by atoms with E-state index in [4.69, 9.17) is 11.6 Å². The van der Waals surface area contributed by atoms with E-state index in [1.165, 1.54) is 5.57 Å². The molecule has 1 heteroatoms. The molecule has 0 saturated carbocycles. The minimum absolute atomic E-state index is 0.535. The van der Waals surface area contributed by atoms with Gasteiger partial charge in [0.25, 0.3) is 0 Å². The van der Waals surface area contributed by atoms with Gasteiger partial charge in [0.2, 0.25) is 0 Å². The predicted octanol–water partition coefficient (Wildman–Crippen LogP) is 3.30. The van der Waals surface area contributed by atoms with Crippen LogP contribution in [0.15, 0.2) is 36.0 Å². The van der Waals surface area contributed by atoms with Crippen LogP contribution in [-0.2, 0) is 0 Å². The summed E-state index contributed by atoms with van der Waals surface area (Å²) in [4.78, 5) is 0. The SMILES string of the molecule is C=C/C(=C\C=C(C)C)CCl. The largest absolute Gasteiger partial charge is 0.122 e. The van der Waals surface area contributed by atoms with Crippen LogP contribution in [0.5, 0.6) is 0 Å². The Balaban J connectivity index is 4.12. The Morgan fingerprint density at radius 2 is 2.00 bits per heavy atom. The highest BCUT2D eigenvalue weighted by Crippen LogP contribution is 2.00. The maximum Gasteiger partial charge on any atom is 0.0473 e. The van der Waals surface area contributed by atoms with Crippen LogP contribution in [0, 0.1) is 0 Å². The van der Waals surface area contributed by atoms with Crippen LogP contribution in [-0.4, -0.2) is 5.88 Å². The number of hydrogen-bond acceptors (Lipinski definition) is 0. The molecule has 0 radical (unpaired) electrons. The molecule has 0 aromatic carbocycles. The molecule has 0 fully saturated rings. The van der Waals surface area contributed by atoms with Crippen LogP contribution in [0.1, 0.15) is 13.8 Å². The summed E-state index contributed by atoms with van der Waals surface area (Å²) in [5.74, 6) is 0.535. The van der Waals surface area contributed by atoms with E-state index in [0.29, 0.717) is 5.88 Å². The molecule has 0 amide bonds. The molecule has 0 rings (SSSR count). The average Bonchev–Trinajstić information content (AvgIpc) is 1.90. The fourth-order valence-electron chi connectivity index (χ4n) is 0.441. The first kappa shape index (κ1) is 9.51. The van der Waals surface area contributed by atoms with E-state index in [9.17, 15) is 0 Å². The van der Waals surface area contributed by atoms with Crippen molar-refractivity contribution in [3.05, 3.63) is 36.0 Å². The second-order valence-electron chi connectivity index (χ2n) is 2.32. The summed E-state index contributed by atoms with van der Waals surface area (Å²) < 4.78 is 0. The molecule has 0 N–H and O–H groups in total. The standard InChI is InChI=1S/C9H13Cl/c1-4-9(7-10)6-5-8(2)3/h4-6H,1,7H2,2-3H3/b9-6+. The van der Waals surface area contributed by atoms with E-state index < -0.39 is 0 Å². The maximum atomic E-state index is 5.58. The fraction of sp³-hybridized carbons (Fsp3) is 0.333. The first-order chi connectivity index (χ1) is 4.70. The molecule has 0 spiro atoms. The normalized spacial score (nSPS) is 10.9. The third kappa shape index (κ3) is 4.39. The molecule has 0 aromatic rings. The van der Waals surface area contributed by atoms with E-state index in [0.717, 1.165) is 5.57 Å². The second-order valence-corrected chi connectivity index (χ2v) is 2.59. The number of rotatable bonds is 3. The number of alkyl halides is 1. The van der Waals surface area contributed by atoms with Gasteiger partial charge in [0.1, 0.15) is 0 Å². The van der Waals surface area contributed by atoms with Crippen molar-refractivity contribution < 1.29 is 0 Å². The van der Waals surface area contributed by atoms with Crippen molar-refractivity contribution in [2.24, 2.45) is 0 Å². The first-order valence-electron chi connectivity index (χ1n) is 3.23. The second kappa shape index (κ2) is 5.31. The molecule has 0 unspecified atom stereocenters. The number of hydrogen-bond donors (Lipinski definition) is 0. The molecule has 10 heavy (non-hydrogen) atoms. The molecule has 0 atom stereocenters. The van der Waals surface area contributed by atoms with E-state index in [1.807, 2.05) is 26.0 Å². The lowest BCUT2D eigenvalue weighted by Gasteiger charge is -1.90. The Hall–Kier alpha value is -0.490. The summed E-state index contributed by atoms with van der Waals surface area (Å²) in [6.45, 7) is 7.72. The van der Waals surface area contributed by atoms with Gasteiger partial charge in [0.05, 0.1) is 0 Å². The van der Waals surface area contributed by atoms with Crippen LogP contribution in [0.2, 0.25) is 0 Å². The number of allylic oxidation sites excluding steroid dienone is 5. The van der Waals surface area contributed by atoms with E-state index in [2.05, 4.69) is 6.58 Å². The zero-order chi connectivity index (χ0) is 7.98. The molecule has 0 aliphatic heterocycles. The summed E-state index contributed by atoms with van der Waals surface area (Å²) in [5.41, 5.74) is 2.33. The van der Waals surface area contributed by atoms with Gasteiger partial charge >= 0.3 is 0 Å². The third-order valence-corrected chi connectivity index (χ3v) is 1.36. The van der Waals surface area contributed by atoms with Gasteiger partial charge in [-0.2, -0.15) is 0 Å². The van der Waals surface area contributed by atoms with E-state index in [-0.39, 0.29) is 0 Å². The monoisotopic (exact) mass is 156 g/mol. The molecule has 0 nitrogen and oxygen atoms in total. The quantitative estimate of drug-likeness (QED) is 0.435. The molecule has 0 bridgehead atoms. The van der Waals surface area contributed by atoms with Crippen molar-refractivity contribution in [3.8, 4) is 0 Å². The van der Waals surface area contributed by atoms with E-state index in [1.54, 1.807) is 6.08 Å². The predicted molar refractivity (Wildman–Crippen MR) is 48.4 cm³/mol. The average molecular weight is 157 g/mol. The van der Waals surface area contributed by atoms with Crippen molar-refractivity contribution in [3.63, 3.8) is 0 Å². The van der Waals surface area contributed by atoms with Crippen molar-refractivity contribution in [1.29, 1.82) is 0 Å². The van der Waals surface area contributed by atoms with Crippen molar-refractivity contribution in [2.75, 3.05) is 5.88 Å². The number of halogens is 1. The van der Waals surface area contributed by atoms with Crippen LogP contribution in [0.4, 0.5) is 0 Å². The summed E-state index contributed by atoms with van der Waals surface area (Å²) in [6.07, 6.45) is 5.78. The lowest BCUT2D eigenvalue weighted by atomic mass is 10.2. The third-order valence-electron chi connectivity index (χ3n) is 1.05. The minimum Gasteiger partial charge on any atom is -0.122 e. The van der Waals surface area contributed by atoms with Gasteiger partial charge in [-0.05, 0) is 19.4 Å². The highest BCUT2D eigenvalue weighted by atomic mass is 35.5. The molecular weight excluding hydrogens is 144 g/mol. The van der Waals surface area contributed by atoms with E-state index >= 15 is 0 Å². The summed E-state index contributed by atoms with van der Waals surface area (Å²) >= 11 is 5.58. The van der Waals surface area contributed by atoms with Crippen LogP contribution in [0.3, 0.4) is 0 Å². The Kier molecular flexibility index (Phi) is 5.05. The Bertz CT molecular complexity index is 160. The van der Waals surface area contributed by atoms with Gasteiger partial charge in [-0.1, -0.05) is 30.4 Å². The highest BCUT2D eigenvalue weighted by Gasteiger charge is 1.83. The van der Waals surface area contributed by atoms with Crippen LogP contribution in [0.25, 0.3) is 0 Å². The van der Waals surface area contributed by atoms with Gasteiger partial charge in [0, 0.05) is 5.88 Å². The van der Waals surface area contributed by atoms with Crippen molar-refractivity contribution in [1.82, 2.24) is 0 Å². The fourth-order valence-corrected chi connectivity index (χ4v) is 0.639. The molecule has 56 valence electrons. The molecule has 0 aromatic heterocycles. The van der Waals surface area contributed by atoms with Gasteiger partial charge in [-0.15, -0.1) is 11.6 Å². The topological polar surface area (TPSA) is 0 Å². The Labute approximate surface area is 67.9 Å². The van der Waals surface area contributed by atoms with Crippen LogP contribution < -0.4 is 0 Å². The molecule has 0 aliphatic carbocycles. The Morgan fingerprint density at radius 3 is 2.30 bits per heavy atom. The summed E-state index contributed by atoms with van der Waals surface area (Å²) in [7, 11) is 0. The lowest BCUT2D eigenvalue weighted by molar-refractivity contribution is 1.38. The summed E-state index contributed by atoms with van der Waals surface area (Å²) in [6, 6.07) is 0. The van der Waals surface area contributed by atoms with Crippen LogP contribution >= 0.6 is 11.6 Å². The highest BCUT2D eigenvalue weighted by molar-refractivity contribution is 6.19. The van der Waals surface area contributed by atoms with Gasteiger partial charge < -0.3 is 0 Å².